The third-order valence-corrected chi connectivity index (χ3v) is 0.595. The first-order valence-corrected chi connectivity index (χ1v) is 2.19. The second-order valence-corrected chi connectivity index (χ2v) is 1.29. The van der Waals surface area contributed by atoms with Crippen LogP contribution in [0.1, 0.15) is 0 Å². The molecule has 3 nitrogen and oxygen atoms in total. The smallest absolute Gasteiger partial charge is 0.295 e. The molecule has 0 aromatic carbocycles. The zero-order valence-corrected chi connectivity index (χ0v) is 4.05. The fourth-order valence-electron chi connectivity index (χ4n) is 0.253. The van der Waals surface area contributed by atoms with Crippen LogP contribution in [0.25, 0.3) is 0 Å². The first-order chi connectivity index (χ1) is 3.27. The quantitative estimate of drug-likeness (QED) is 0.441. The Bertz CT molecular complexity index is 66.0. The zero-order valence-electron chi connectivity index (χ0n) is 4.05. The van der Waals surface area contributed by atoms with Crippen molar-refractivity contribution in [3.8, 4) is 0 Å². The number of aliphatic carboxylic acids is 1. The monoisotopic (exact) mass is 101 g/mol. The van der Waals surface area contributed by atoms with E-state index in [4.69, 9.17) is 10.8 Å². The van der Waals surface area contributed by atoms with Gasteiger partial charge in [0.25, 0.3) is 5.97 Å². The van der Waals surface area contributed by atoms with Gasteiger partial charge in [0, 0.05) is 6.32 Å². The van der Waals surface area contributed by atoms with Crippen LogP contribution in [0.5, 0.6) is 0 Å². The summed E-state index contributed by atoms with van der Waals surface area (Å²) in [4.78, 5) is 9.70. The van der Waals surface area contributed by atoms with Crippen LogP contribution in [0.15, 0.2) is 0 Å². The van der Waals surface area contributed by atoms with Gasteiger partial charge >= 0.3 is 0 Å². The number of carboxylic acid groups (broad SMARTS) is 1. The molecule has 0 fully saturated rings. The normalized spacial score (nSPS) is 8.14. The molecule has 40 valence electrons. The van der Waals surface area contributed by atoms with Crippen LogP contribution < -0.4 is 5.73 Å². The van der Waals surface area contributed by atoms with Gasteiger partial charge in [-0.2, -0.15) is 0 Å². The SMILES string of the molecule is NCBCC(=O)O. The summed E-state index contributed by atoms with van der Waals surface area (Å²) < 4.78 is 0. The molecule has 0 rings (SSSR count). The molecule has 3 N–H and O–H groups in total. The topological polar surface area (TPSA) is 63.3 Å². The van der Waals surface area contributed by atoms with Gasteiger partial charge in [-0.05, 0) is 6.44 Å². The zero-order chi connectivity index (χ0) is 5.70. The minimum atomic E-state index is -0.773. The van der Waals surface area contributed by atoms with Gasteiger partial charge in [-0.1, -0.05) is 0 Å². The van der Waals surface area contributed by atoms with Crippen molar-refractivity contribution < 1.29 is 9.90 Å². The molecule has 0 aromatic rings. The van der Waals surface area contributed by atoms with Gasteiger partial charge in [0.05, 0.1) is 0 Å². The molecule has 0 bridgehead atoms. The van der Waals surface area contributed by atoms with Gasteiger partial charge in [-0.3, -0.25) is 4.79 Å². The molecule has 0 aromatic heterocycles. The highest BCUT2D eigenvalue weighted by atomic mass is 16.4. The van der Waals surface area contributed by atoms with E-state index in [0.717, 1.165) is 0 Å². The van der Waals surface area contributed by atoms with Gasteiger partial charge in [-0.15, -0.1) is 0 Å². The molecule has 0 spiro atoms. The largest absolute Gasteiger partial charge is 0.482 e. The molecule has 0 aliphatic heterocycles. The summed E-state index contributed by atoms with van der Waals surface area (Å²) in [5, 5.41) is 7.99. The van der Waals surface area contributed by atoms with Crippen molar-refractivity contribution in [3.05, 3.63) is 0 Å². The molecule has 0 saturated heterocycles. The molecule has 0 aliphatic carbocycles. The fraction of sp³-hybridized carbons (Fsp3) is 0.667. The summed E-state index contributed by atoms with van der Waals surface area (Å²) in [6.07, 6.45) is 0.656. The number of nitrogens with two attached hydrogens (primary N) is 1. The molecule has 0 atom stereocenters. The van der Waals surface area contributed by atoms with Crippen molar-refractivity contribution in [1.29, 1.82) is 0 Å². The standard InChI is InChI=1S/C3H8BNO2/c5-2-4-1-3(6)7/h4H,1-2,5H2,(H,6,7). The first-order valence-electron chi connectivity index (χ1n) is 2.19. The molecule has 0 unspecified atom stereocenters. The molecule has 0 amide bonds. The first kappa shape index (κ1) is 6.49. The van der Waals surface area contributed by atoms with Crippen LogP contribution in [-0.2, 0) is 4.79 Å². The Morgan fingerprint density at radius 2 is 2.43 bits per heavy atom. The molecule has 0 aliphatic rings. The minimum Gasteiger partial charge on any atom is -0.482 e. The second-order valence-electron chi connectivity index (χ2n) is 1.29. The van der Waals surface area contributed by atoms with E-state index in [1.807, 2.05) is 0 Å². The maximum Gasteiger partial charge on any atom is 0.295 e. The molecule has 4 heteroatoms. The molecule has 7 heavy (non-hydrogen) atoms. The number of hydrogen-bond acceptors (Lipinski definition) is 2. The molecule has 0 radical (unpaired) electrons. The van der Waals surface area contributed by atoms with Crippen LogP contribution in [0.2, 0.25) is 6.32 Å². The van der Waals surface area contributed by atoms with E-state index in [1.54, 1.807) is 0 Å². The predicted octanol–water partition coefficient (Wildman–Crippen LogP) is -1.16. The van der Waals surface area contributed by atoms with Gasteiger partial charge in [0.2, 0.25) is 0 Å². The number of hydrogen-bond donors (Lipinski definition) is 2. The van der Waals surface area contributed by atoms with E-state index in [9.17, 15) is 4.79 Å². The van der Waals surface area contributed by atoms with Gasteiger partial charge in [-0.25, -0.2) is 0 Å². The summed E-state index contributed by atoms with van der Waals surface area (Å²) in [7, 11) is 0.579. The number of rotatable bonds is 3. The summed E-state index contributed by atoms with van der Waals surface area (Å²) in [6, 6.07) is 0. The van der Waals surface area contributed by atoms with E-state index in [1.165, 1.54) is 0 Å². The Morgan fingerprint density at radius 1 is 1.86 bits per heavy atom. The molecule has 0 saturated carbocycles. The predicted molar refractivity (Wildman–Crippen MR) is 28.6 cm³/mol. The summed E-state index contributed by atoms with van der Waals surface area (Å²) in [6.45, 7) is 0. The van der Waals surface area contributed by atoms with Crippen molar-refractivity contribution >= 4 is 13.2 Å². The Kier molecular flexibility index (Phi) is 3.41. The Morgan fingerprint density at radius 3 is 2.57 bits per heavy atom. The van der Waals surface area contributed by atoms with Gasteiger partial charge in [0.15, 0.2) is 7.28 Å². The van der Waals surface area contributed by atoms with Gasteiger partial charge in [0.1, 0.15) is 0 Å². The second kappa shape index (κ2) is 3.68. The van der Waals surface area contributed by atoms with Crippen molar-refractivity contribution in [3.63, 3.8) is 0 Å². The molecule has 0 heterocycles. The Balaban J connectivity index is 2.82. The highest BCUT2D eigenvalue weighted by Crippen LogP contribution is 1.72. The van der Waals surface area contributed by atoms with Gasteiger partial charge < -0.3 is 10.8 Å². The maximum absolute atomic E-state index is 9.70. The Labute approximate surface area is 42.8 Å². The number of carboxylic acids is 1. The van der Waals surface area contributed by atoms with Crippen LogP contribution in [0, 0.1) is 0 Å². The molecular formula is C3H8BNO2. The van der Waals surface area contributed by atoms with Crippen LogP contribution in [-0.4, -0.2) is 24.8 Å². The third-order valence-electron chi connectivity index (χ3n) is 0.595. The lowest BCUT2D eigenvalue weighted by molar-refractivity contribution is -0.134. The summed E-state index contributed by atoms with van der Waals surface area (Å²) >= 11 is 0. The van der Waals surface area contributed by atoms with E-state index in [0.29, 0.717) is 13.7 Å². The lowest BCUT2D eigenvalue weighted by atomic mass is 9.75. The average Bonchev–Trinajstić information content (AvgIpc) is 1.61. The third kappa shape index (κ3) is 5.49. The number of carbonyl (C=O) groups is 1. The van der Waals surface area contributed by atoms with Crippen LogP contribution in [0.3, 0.4) is 0 Å². The fourth-order valence-corrected chi connectivity index (χ4v) is 0.253. The highest BCUT2D eigenvalue weighted by Gasteiger charge is 1.93. The van der Waals surface area contributed by atoms with Crippen molar-refractivity contribution in [1.82, 2.24) is 0 Å². The van der Waals surface area contributed by atoms with E-state index < -0.39 is 5.97 Å². The maximum atomic E-state index is 9.70. The highest BCUT2D eigenvalue weighted by molar-refractivity contribution is 6.40. The lowest BCUT2D eigenvalue weighted by Gasteiger charge is -1.83. The average molecular weight is 101 g/mol. The van der Waals surface area contributed by atoms with E-state index in [-0.39, 0.29) is 6.32 Å². The van der Waals surface area contributed by atoms with Crippen molar-refractivity contribution in [2.45, 2.75) is 6.32 Å². The van der Waals surface area contributed by atoms with E-state index >= 15 is 0 Å². The summed E-state index contributed by atoms with van der Waals surface area (Å²) in [5.41, 5.74) is 5.01. The van der Waals surface area contributed by atoms with Crippen LogP contribution >= 0.6 is 0 Å². The molecular weight excluding hydrogens is 92.8 g/mol. The Hall–Kier alpha value is -0.505. The van der Waals surface area contributed by atoms with Crippen molar-refractivity contribution in [2.75, 3.05) is 6.44 Å². The van der Waals surface area contributed by atoms with E-state index in [2.05, 4.69) is 0 Å². The minimum absolute atomic E-state index is 0.191. The van der Waals surface area contributed by atoms with Crippen LogP contribution in [0.4, 0.5) is 0 Å². The lowest BCUT2D eigenvalue weighted by Crippen LogP contribution is -2.11. The van der Waals surface area contributed by atoms with Crippen molar-refractivity contribution in [2.24, 2.45) is 5.73 Å². The summed E-state index contributed by atoms with van der Waals surface area (Å²) in [5.74, 6) is -0.773.